The highest BCUT2D eigenvalue weighted by atomic mass is 35.5. The van der Waals surface area contributed by atoms with Gasteiger partial charge in [0.1, 0.15) is 0 Å². The molecule has 72 valence electrons. The number of hydrogen-bond acceptors (Lipinski definition) is 3. The lowest BCUT2D eigenvalue weighted by Crippen LogP contribution is -2.25. The lowest BCUT2D eigenvalue weighted by Gasteiger charge is -2.23. The number of alkyl halides is 1. The van der Waals surface area contributed by atoms with Crippen molar-refractivity contribution in [3.05, 3.63) is 12.8 Å². The summed E-state index contributed by atoms with van der Waals surface area (Å²) in [6.07, 6.45) is 0.852. The van der Waals surface area contributed by atoms with Crippen molar-refractivity contribution in [2.24, 2.45) is 0 Å². The zero-order valence-electron chi connectivity index (χ0n) is 6.99. The van der Waals surface area contributed by atoms with Gasteiger partial charge in [-0.05, 0) is 13.8 Å². The van der Waals surface area contributed by atoms with Gasteiger partial charge in [-0.15, -0.1) is 11.6 Å². The summed E-state index contributed by atoms with van der Waals surface area (Å²) in [5.41, 5.74) is -0.894. The molecule has 0 amide bonds. The second-order valence-electron chi connectivity index (χ2n) is 2.73. The Hall–Kier alpha value is -0.0200. The van der Waals surface area contributed by atoms with E-state index in [1.807, 2.05) is 0 Å². The molecule has 0 aliphatic heterocycles. The molecule has 0 spiro atoms. The van der Waals surface area contributed by atoms with Crippen molar-refractivity contribution in [3.8, 4) is 0 Å². The summed E-state index contributed by atoms with van der Waals surface area (Å²) < 4.78 is 19.9. The summed E-state index contributed by atoms with van der Waals surface area (Å²) in [6.45, 7) is 6.29. The maximum absolute atomic E-state index is 11.0. The van der Waals surface area contributed by atoms with Crippen LogP contribution < -0.4 is 0 Å². The maximum atomic E-state index is 11.0. The molecule has 0 rings (SSSR count). The summed E-state index contributed by atoms with van der Waals surface area (Å²) in [7, 11) is -4.03. The molecule has 4 nitrogen and oxygen atoms in total. The SMILES string of the molecule is C=COP(=O)(O)OC(C)(C)CCl. The van der Waals surface area contributed by atoms with Crippen LogP contribution in [-0.4, -0.2) is 16.4 Å². The summed E-state index contributed by atoms with van der Waals surface area (Å²) in [5, 5.41) is 0. The smallest absolute Gasteiger partial charge is 0.413 e. The minimum atomic E-state index is -4.03. The number of phosphoric acid groups is 1. The van der Waals surface area contributed by atoms with Gasteiger partial charge in [-0.2, -0.15) is 0 Å². The average molecular weight is 215 g/mol. The highest BCUT2D eigenvalue weighted by molar-refractivity contribution is 7.47. The first kappa shape index (κ1) is 12.0. The number of hydrogen-bond donors (Lipinski definition) is 1. The highest BCUT2D eigenvalue weighted by Gasteiger charge is 2.31. The van der Waals surface area contributed by atoms with Crippen LogP contribution in [0.1, 0.15) is 13.8 Å². The molecule has 6 heteroatoms. The van der Waals surface area contributed by atoms with Crippen molar-refractivity contribution in [2.75, 3.05) is 5.88 Å². The first-order chi connectivity index (χ1) is 5.33. The van der Waals surface area contributed by atoms with E-state index in [-0.39, 0.29) is 5.88 Å². The van der Waals surface area contributed by atoms with Crippen molar-refractivity contribution in [1.29, 1.82) is 0 Å². The van der Waals surface area contributed by atoms with E-state index in [1.54, 1.807) is 13.8 Å². The van der Waals surface area contributed by atoms with Gasteiger partial charge in [0, 0.05) is 0 Å². The van der Waals surface area contributed by atoms with E-state index in [9.17, 15) is 4.57 Å². The molecule has 12 heavy (non-hydrogen) atoms. The fourth-order valence-corrected chi connectivity index (χ4v) is 1.50. The Morgan fingerprint density at radius 3 is 2.58 bits per heavy atom. The molecule has 0 aliphatic carbocycles. The third kappa shape index (κ3) is 4.78. The van der Waals surface area contributed by atoms with Gasteiger partial charge in [-0.25, -0.2) is 4.57 Å². The molecule has 0 aliphatic rings. The molecule has 0 bridgehead atoms. The normalized spacial score (nSPS) is 16.7. The van der Waals surface area contributed by atoms with Crippen molar-refractivity contribution in [3.63, 3.8) is 0 Å². The van der Waals surface area contributed by atoms with E-state index in [0.717, 1.165) is 6.26 Å². The largest absolute Gasteiger partial charge is 0.527 e. The Balaban J connectivity index is 4.23. The average Bonchev–Trinajstić information content (AvgIpc) is 1.85. The lowest BCUT2D eigenvalue weighted by molar-refractivity contribution is 0.0803. The van der Waals surface area contributed by atoms with Gasteiger partial charge in [0.05, 0.1) is 17.7 Å². The van der Waals surface area contributed by atoms with E-state index >= 15 is 0 Å². The van der Waals surface area contributed by atoms with Gasteiger partial charge in [0.2, 0.25) is 0 Å². The predicted molar refractivity (Wildman–Crippen MR) is 47.0 cm³/mol. The molecule has 0 radical (unpaired) electrons. The minimum absolute atomic E-state index is 0.0953. The van der Waals surface area contributed by atoms with E-state index in [2.05, 4.69) is 11.1 Å². The molecule has 0 saturated heterocycles. The fraction of sp³-hybridized carbons (Fsp3) is 0.667. The Morgan fingerprint density at radius 2 is 2.25 bits per heavy atom. The van der Waals surface area contributed by atoms with Crippen LogP contribution in [0.3, 0.4) is 0 Å². The molecule has 1 atom stereocenters. The van der Waals surface area contributed by atoms with Crippen LogP contribution in [0.25, 0.3) is 0 Å². The van der Waals surface area contributed by atoms with Gasteiger partial charge in [0.15, 0.2) is 0 Å². The maximum Gasteiger partial charge on any atom is 0.527 e. The first-order valence-electron chi connectivity index (χ1n) is 3.22. The molecule has 0 fully saturated rings. The van der Waals surface area contributed by atoms with Crippen molar-refractivity contribution in [2.45, 2.75) is 19.4 Å². The topological polar surface area (TPSA) is 55.8 Å². The number of halogens is 1. The molecule has 0 aromatic rings. The second kappa shape index (κ2) is 4.28. The Labute approximate surface area is 76.7 Å². The number of phosphoric ester groups is 1. The van der Waals surface area contributed by atoms with Crippen LogP contribution in [0.15, 0.2) is 12.8 Å². The fourth-order valence-electron chi connectivity index (χ4n) is 0.452. The van der Waals surface area contributed by atoms with Gasteiger partial charge in [-0.1, -0.05) is 6.58 Å². The quantitative estimate of drug-likeness (QED) is 0.433. The second-order valence-corrected chi connectivity index (χ2v) is 4.32. The van der Waals surface area contributed by atoms with Crippen LogP contribution in [0.2, 0.25) is 0 Å². The zero-order valence-corrected chi connectivity index (χ0v) is 8.64. The van der Waals surface area contributed by atoms with E-state index in [0.29, 0.717) is 0 Å². The summed E-state index contributed by atoms with van der Waals surface area (Å²) in [4.78, 5) is 8.96. The molecular formula is C6H12ClO4P. The minimum Gasteiger partial charge on any atom is -0.413 e. The summed E-state index contributed by atoms with van der Waals surface area (Å²) in [5.74, 6) is 0.0953. The van der Waals surface area contributed by atoms with Crippen LogP contribution in [-0.2, 0) is 13.6 Å². The lowest BCUT2D eigenvalue weighted by atomic mass is 10.2. The Kier molecular flexibility index (Phi) is 4.28. The van der Waals surface area contributed by atoms with E-state index in [1.165, 1.54) is 0 Å². The number of rotatable bonds is 5. The molecule has 0 heterocycles. The van der Waals surface area contributed by atoms with Crippen LogP contribution in [0.4, 0.5) is 0 Å². The third-order valence-electron chi connectivity index (χ3n) is 0.892. The monoisotopic (exact) mass is 214 g/mol. The molecular weight excluding hydrogens is 202 g/mol. The molecule has 0 aromatic heterocycles. The van der Waals surface area contributed by atoms with Crippen molar-refractivity contribution in [1.82, 2.24) is 0 Å². The van der Waals surface area contributed by atoms with Crippen molar-refractivity contribution < 1.29 is 18.5 Å². The molecule has 0 aromatic carbocycles. The van der Waals surface area contributed by atoms with Crippen LogP contribution >= 0.6 is 19.4 Å². The first-order valence-corrected chi connectivity index (χ1v) is 5.25. The summed E-state index contributed by atoms with van der Waals surface area (Å²) >= 11 is 5.46. The zero-order chi connectivity index (χ0) is 9.83. The molecule has 1 N–H and O–H groups in total. The Morgan fingerprint density at radius 1 is 1.75 bits per heavy atom. The van der Waals surface area contributed by atoms with E-state index < -0.39 is 13.4 Å². The van der Waals surface area contributed by atoms with Crippen LogP contribution in [0, 0.1) is 0 Å². The van der Waals surface area contributed by atoms with Gasteiger partial charge in [-0.3, -0.25) is 9.42 Å². The highest BCUT2D eigenvalue weighted by Crippen LogP contribution is 2.47. The van der Waals surface area contributed by atoms with Crippen molar-refractivity contribution >= 4 is 19.4 Å². The third-order valence-corrected chi connectivity index (χ3v) is 2.68. The summed E-state index contributed by atoms with van der Waals surface area (Å²) in [6, 6.07) is 0. The van der Waals surface area contributed by atoms with Crippen LogP contribution in [0.5, 0.6) is 0 Å². The van der Waals surface area contributed by atoms with Gasteiger partial charge >= 0.3 is 7.82 Å². The standard InChI is InChI=1S/C6H12ClO4P/c1-4-10-12(8,9)11-6(2,3)5-7/h4H,1,5H2,2-3H3,(H,8,9). The Bertz CT molecular complexity index is 204. The van der Waals surface area contributed by atoms with Gasteiger partial charge < -0.3 is 4.52 Å². The molecule has 1 unspecified atom stereocenters. The predicted octanol–water partition coefficient (Wildman–Crippen LogP) is 2.28. The van der Waals surface area contributed by atoms with E-state index in [4.69, 9.17) is 21.0 Å². The molecule has 0 saturated carbocycles. The van der Waals surface area contributed by atoms with Gasteiger partial charge in [0.25, 0.3) is 0 Å².